The quantitative estimate of drug-likeness (QED) is 0.0625. The summed E-state index contributed by atoms with van der Waals surface area (Å²) in [4.78, 5) is 50.7. The van der Waals surface area contributed by atoms with Crippen molar-refractivity contribution >= 4 is 46.5 Å². The lowest BCUT2D eigenvalue weighted by atomic mass is 10.0. The Morgan fingerprint density at radius 1 is 0.946 bits per heavy atom. The molecule has 1 unspecified atom stereocenters. The minimum atomic E-state index is -1.28. The Morgan fingerprint density at radius 3 is 2.16 bits per heavy atom. The van der Waals surface area contributed by atoms with Gasteiger partial charge >= 0.3 is 5.97 Å². The second kappa shape index (κ2) is 20.7. The molecule has 2 fully saturated rings. The van der Waals surface area contributed by atoms with Crippen molar-refractivity contribution in [3.05, 3.63) is 78.5 Å². The van der Waals surface area contributed by atoms with Crippen LogP contribution in [0.5, 0.6) is 23.0 Å². The molecule has 2 heterocycles. The molecule has 1 saturated carbocycles. The van der Waals surface area contributed by atoms with E-state index in [2.05, 4.69) is 20.5 Å². The van der Waals surface area contributed by atoms with Crippen LogP contribution in [0, 0.1) is 17.0 Å². The summed E-state index contributed by atoms with van der Waals surface area (Å²) in [5.41, 5.74) is -0.144. The molecule has 1 aromatic heterocycles. The Kier molecular flexibility index (Phi) is 15.8. The van der Waals surface area contributed by atoms with E-state index in [0.717, 1.165) is 45.3 Å². The zero-order valence-corrected chi connectivity index (χ0v) is 30.8. The van der Waals surface area contributed by atoms with Crippen LogP contribution in [0.15, 0.2) is 66.9 Å². The third-order valence-corrected chi connectivity index (χ3v) is 8.77. The maximum absolute atomic E-state index is 15.2. The molecule has 1 atom stereocenters. The number of rotatable bonds is 14. The van der Waals surface area contributed by atoms with Gasteiger partial charge in [-0.15, -0.1) is 0 Å². The molecule has 0 bridgehead atoms. The fourth-order valence-electron chi connectivity index (χ4n) is 5.46. The molecule has 2 amide bonds. The molecular weight excluding hydrogens is 738 g/mol. The number of carbonyl (C=O) groups excluding carboxylic acids is 2. The fraction of sp³-hybridized carbons (Fsp3) is 0.359. The first kappa shape index (κ1) is 42.8. The van der Waals surface area contributed by atoms with Crippen molar-refractivity contribution in [2.45, 2.75) is 38.7 Å². The van der Waals surface area contributed by atoms with Crippen molar-refractivity contribution < 1.29 is 62.2 Å². The van der Waals surface area contributed by atoms with Crippen molar-refractivity contribution in [2.24, 2.45) is 5.41 Å². The van der Waals surface area contributed by atoms with Crippen molar-refractivity contribution in [1.82, 2.24) is 9.88 Å². The van der Waals surface area contributed by atoms with E-state index >= 15 is 4.39 Å². The van der Waals surface area contributed by atoms with Gasteiger partial charge in [-0.25, -0.2) is 13.6 Å². The van der Waals surface area contributed by atoms with Crippen LogP contribution in [0.3, 0.4) is 0 Å². The first-order valence-corrected chi connectivity index (χ1v) is 17.7. The summed E-state index contributed by atoms with van der Waals surface area (Å²) < 4.78 is 51.4. The number of benzene rings is 3. The molecule has 17 heteroatoms. The summed E-state index contributed by atoms with van der Waals surface area (Å²) in [6.07, 6.45) is 2.18. The zero-order valence-electron chi connectivity index (χ0n) is 30.8. The molecule has 0 spiro atoms. The maximum atomic E-state index is 15.2. The SMILES string of the molecule is CCC(O)C(=O)O.COc1cc2c(Oc3ccc(NC(=O)C4(C(=O)Nc5ccc(F)cc5)CC4)cc3F)ccnc2cc1OCCCN1CCOCC1.O=CO. The number of pyridine rings is 1. The van der Waals surface area contributed by atoms with Gasteiger partial charge in [-0.1, -0.05) is 6.92 Å². The number of nitrogens with one attached hydrogen (secondary N) is 2. The average Bonchev–Trinajstić information content (AvgIpc) is 4.02. The van der Waals surface area contributed by atoms with Gasteiger partial charge < -0.3 is 44.9 Å². The van der Waals surface area contributed by atoms with E-state index in [0.29, 0.717) is 53.3 Å². The highest BCUT2D eigenvalue weighted by Gasteiger charge is 2.56. The van der Waals surface area contributed by atoms with E-state index < -0.39 is 40.9 Å². The minimum absolute atomic E-state index is 0.0666. The van der Waals surface area contributed by atoms with Crippen molar-refractivity contribution in [1.29, 1.82) is 0 Å². The molecule has 6 rings (SSSR count). The number of hydrogen-bond donors (Lipinski definition) is 5. The van der Waals surface area contributed by atoms with Crippen LogP contribution in [0.2, 0.25) is 0 Å². The van der Waals surface area contributed by atoms with Gasteiger partial charge in [0.2, 0.25) is 11.8 Å². The molecule has 1 aliphatic carbocycles. The van der Waals surface area contributed by atoms with E-state index in [1.807, 2.05) is 0 Å². The Hall–Kier alpha value is -5.91. The highest BCUT2D eigenvalue weighted by Crippen LogP contribution is 2.47. The van der Waals surface area contributed by atoms with E-state index in [9.17, 15) is 18.8 Å². The molecule has 4 aromatic rings. The molecule has 3 aromatic carbocycles. The number of ether oxygens (including phenoxy) is 4. The number of morpholine rings is 1. The van der Waals surface area contributed by atoms with E-state index in [1.54, 1.807) is 38.4 Å². The number of anilines is 2. The molecule has 5 N–H and O–H groups in total. The maximum Gasteiger partial charge on any atom is 0.332 e. The van der Waals surface area contributed by atoms with Crippen LogP contribution < -0.4 is 24.8 Å². The zero-order chi connectivity index (χ0) is 40.7. The Bertz CT molecular complexity index is 1960. The van der Waals surface area contributed by atoms with Gasteiger partial charge in [0.1, 0.15) is 17.0 Å². The Balaban J connectivity index is 0.000000621. The first-order chi connectivity index (χ1) is 26.9. The van der Waals surface area contributed by atoms with Crippen LogP contribution in [0.1, 0.15) is 32.6 Å². The normalized spacial score (nSPS) is 14.7. The van der Waals surface area contributed by atoms with Crippen LogP contribution >= 0.6 is 0 Å². The Morgan fingerprint density at radius 2 is 1.59 bits per heavy atom. The monoisotopic (exact) mass is 782 g/mol. The summed E-state index contributed by atoms with van der Waals surface area (Å²) in [6.45, 7) is 6.12. The number of fused-ring (bicyclic) bond motifs is 1. The third kappa shape index (κ3) is 11.8. The van der Waals surface area contributed by atoms with Gasteiger partial charge in [0.05, 0.1) is 32.4 Å². The number of amides is 2. The predicted molar refractivity (Wildman–Crippen MR) is 200 cm³/mol. The van der Waals surface area contributed by atoms with Crippen molar-refractivity contribution in [3.63, 3.8) is 0 Å². The number of methoxy groups -OCH3 is 1. The number of nitrogens with zero attached hydrogens (tertiary/aromatic N) is 2. The van der Waals surface area contributed by atoms with Gasteiger partial charge in [0.25, 0.3) is 6.47 Å². The van der Waals surface area contributed by atoms with Crippen LogP contribution in [0.25, 0.3) is 10.9 Å². The predicted octanol–water partition coefficient (Wildman–Crippen LogP) is 5.32. The summed E-state index contributed by atoms with van der Waals surface area (Å²) in [7, 11) is 1.55. The Labute approximate surface area is 321 Å². The molecule has 1 aliphatic heterocycles. The molecule has 300 valence electrons. The average molecular weight is 783 g/mol. The number of aliphatic hydroxyl groups excluding tert-OH is 1. The number of hydrogen-bond acceptors (Lipinski definition) is 11. The second-order valence-electron chi connectivity index (χ2n) is 12.6. The first-order valence-electron chi connectivity index (χ1n) is 17.7. The lowest BCUT2D eigenvalue weighted by molar-refractivity contribution is -0.146. The summed E-state index contributed by atoms with van der Waals surface area (Å²) >= 11 is 0. The van der Waals surface area contributed by atoms with Crippen LogP contribution in [-0.4, -0.2) is 102 Å². The number of halogens is 2. The second-order valence-corrected chi connectivity index (χ2v) is 12.6. The largest absolute Gasteiger partial charge is 0.493 e. The summed E-state index contributed by atoms with van der Waals surface area (Å²) in [6, 6.07) is 14.4. The molecule has 56 heavy (non-hydrogen) atoms. The lowest BCUT2D eigenvalue weighted by Crippen LogP contribution is -2.37. The van der Waals surface area contributed by atoms with Crippen molar-refractivity contribution in [3.8, 4) is 23.0 Å². The minimum Gasteiger partial charge on any atom is -0.493 e. The smallest absolute Gasteiger partial charge is 0.332 e. The van der Waals surface area contributed by atoms with Crippen molar-refractivity contribution in [2.75, 3.05) is 57.2 Å². The van der Waals surface area contributed by atoms with Gasteiger partial charge in [0, 0.05) is 54.7 Å². The number of aliphatic hydroxyl groups is 1. The molecular formula is C39H44F2N4O11. The van der Waals surface area contributed by atoms with Gasteiger partial charge in [-0.2, -0.15) is 0 Å². The lowest BCUT2D eigenvalue weighted by Gasteiger charge is -2.26. The molecule has 1 saturated heterocycles. The third-order valence-electron chi connectivity index (χ3n) is 8.77. The van der Waals surface area contributed by atoms with E-state index in [-0.39, 0.29) is 24.3 Å². The highest BCUT2D eigenvalue weighted by molar-refractivity contribution is 6.16. The number of carboxylic acids is 1. The number of carbonyl (C=O) groups is 4. The van der Waals surface area contributed by atoms with E-state index in [4.69, 9.17) is 39.1 Å². The van der Waals surface area contributed by atoms with Gasteiger partial charge in [0.15, 0.2) is 29.2 Å². The molecule has 2 aliphatic rings. The highest BCUT2D eigenvalue weighted by atomic mass is 19.1. The molecule has 15 nitrogen and oxygen atoms in total. The number of carboxylic acid groups (broad SMARTS) is 2. The standard InChI is InChI=1S/C34H34F2N4O6.C4H8O3.CH2O2/c1-43-30-20-25-27(21-31(30)45-16-2-13-40-14-17-44-18-15-40)37-12-9-28(25)46-29-8-7-24(19-26(29)36)39-33(42)34(10-11-34)32(41)38-23-5-3-22(35)4-6-23;1-2-3(5)4(6)7;2-1-3/h3-9,12,19-21H,2,10-11,13-18H2,1H3,(H,38,41)(H,39,42);3,5H,2H2,1H3,(H,6,7);1H,(H,2,3). The van der Waals surface area contributed by atoms with Crippen LogP contribution in [-0.2, 0) is 23.9 Å². The van der Waals surface area contributed by atoms with Crippen LogP contribution in [0.4, 0.5) is 20.2 Å². The van der Waals surface area contributed by atoms with E-state index in [1.165, 1.54) is 36.4 Å². The number of aliphatic carboxylic acids is 1. The molecule has 0 radical (unpaired) electrons. The fourth-order valence-corrected chi connectivity index (χ4v) is 5.46. The summed E-state index contributed by atoms with van der Waals surface area (Å²) in [5.74, 6) is -2.02. The van der Waals surface area contributed by atoms with Gasteiger partial charge in [-0.05, 0) is 74.2 Å². The number of aromatic nitrogens is 1. The van der Waals surface area contributed by atoms with Gasteiger partial charge in [-0.3, -0.25) is 24.3 Å². The topological polar surface area (TPSA) is 206 Å². The summed E-state index contributed by atoms with van der Waals surface area (Å²) in [5, 5.41) is 29.0.